The number of likely N-dealkylation sites (N-methyl/N-ethyl adjacent to an activating group) is 1. The predicted octanol–water partition coefficient (Wildman–Crippen LogP) is 4.29. The van der Waals surface area contributed by atoms with Gasteiger partial charge in [-0.3, -0.25) is 14.5 Å². The minimum absolute atomic E-state index is 0.149. The molecule has 0 spiro atoms. The first-order valence-corrected chi connectivity index (χ1v) is 13.4. The topological polar surface area (TPSA) is 83.0 Å². The Morgan fingerprint density at radius 1 is 1.20 bits per heavy atom. The molecule has 1 aliphatic carbocycles. The van der Waals surface area contributed by atoms with Gasteiger partial charge in [-0.15, -0.1) is 11.3 Å². The van der Waals surface area contributed by atoms with E-state index in [-0.39, 0.29) is 18.5 Å². The molecule has 9 heteroatoms. The van der Waals surface area contributed by atoms with Crippen molar-refractivity contribution in [2.24, 2.45) is 0 Å². The third kappa shape index (κ3) is 6.42. The summed E-state index contributed by atoms with van der Waals surface area (Å²) in [5, 5.41) is 11.1. The van der Waals surface area contributed by atoms with Crippen LogP contribution < -0.4 is 0 Å². The van der Waals surface area contributed by atoms with Gasteiger partial charge >= 0.3 is 5.97 Å². The van der Waals surface area contributed by atoms with Crippen molar-refractivity contribution in [2.75, 3.05) is 26.7 Å². The highest BCUT2D eigenvalue weighted by Gasteiger charge is 2.39. The number of thiazole rings is 1. The van der Waals surface area contributed by atoms with Crippen molar-refractivity contribution < 1.29 is 19.4 Å². The Morgan fingerprint density at radius 3 is 2.49 bits per heavy atom. The maximum atomic E-state index is 12.9. The molecule has 1 aliphatic heterocycles. The maximum Gasteiger partial charge on any atom is 0.323 e. The molecule has 4 rings (SSSR count). The molecule has 7 nitrogen and oxygen atoms in total. The van der Waals surface area contributed by atoms with Crippen LogP contribution in [0.25, 0.3) is 0 Å². The fraction of sp³-hybridized carbons (Fsp3) is 0.577. The third-order valence-corrected chi connectivity index (χ3v) is 8.79. The van der Waals surface area contributed by atoms with E-state index in [2.05, 4.69) is 18.7 Å². The Bertz CT molecular complexity index is 1020. The van der Waals surface area contributed by atoms with E-state index in [1.54, 1.807) is 0 Å². The number of aliphatic carboxylic acids is 1. The minimum Gasteiger partial charge on any atom is -0.480 e. The number of carboxylic acid groups (broad SMARTS) is 1. The summed E-state index contributed by atoms with van der Waals surface area (Å²) < 4.78 is 6.02. The van der Waals surface area contributed by atoms with Crippen LogP contribution in [0, 0.1) is 13.8 Å². The van der Waals surface area contributed by atoms with Crippen LogP contribution in [0.1, 0.15) is 52.7 Å². The minimum atomic E-state index is -1.03. The van der Waals surface area contributed by atoms with Crippen LogP contribution >= 0.6 is 22.9 Å². The molecular weight excluding hydrogens is 486 g/mol. The van der Waals surface area contributed by atoms with Gasteiger partial charge in [0.05, 0.1) is 17.3 Å². The van der Waals surface area contributed by atoms with Crippen LogP contribution in [0.4, 0.5) is 0 Å². The van der Waals surface area contributed by atoms with Gasteiger partial charge in [0.1, 0.15) is 12.6 Å². The lowest BCUT2D eigenvalue weighted by Crippen LogP contribution is -2.59. The molecule has 2 atom stereocenters. The number of hydrogen-bond acceptors (Lipinski definition) is 6. The summed E-state index contributed by atoms with van der Waals surface area (Å²) in [5.74, 6) is -0.802. The van der Waals surface area contributed by atoms with Gasteiger partial charge in [-0.1, -0.05) is 23.7 Å². The van der Waals surface area contributed by atoms with E-state index < -0.39 is 12.1 Å². The second kappa shape index (κ2) is 11.4. The first-order valence-electron chi connectivity index (χ1n) is 12.2. The fourth-order valence-electron chi connectivity index (χ4n) is 5.23. The normalized spacial score (nSPS) is 25.4. The van der Waals surface area contributed by atoms with E-state index in [0.29, 0.717) is 30.1 Å². The summed E-state index contributed by atoms with van der Waals surface area (Å²) in [7, 11) is 1.52. The molecule has 1 N–H and O–H groups in total. The Balaban J connectivity index is 1.47. The van der Waals surface area contributed by atoms with Crippen molar-refractivity contribution in [1.82, 2.24) is 14.8 Å². The van der Waals surface area contributed by atoms with Crippen LogP contribution in [0.2, 0.25) is 5.02 Å². The van der Waals surface area contributed by atoms with Crippen LogP contribution in [0.5, 0.6) is 0 Å². The fourth-order valence-corrected chi connectivity index (χ4v) is 6.45. The van der Waals surface area contributed by atoms with Gasteiger partial charge in [0.15, 0.2) is 0 Å². The summed E-state index contributed by atoms with van der Waals surface area (Å²) in [6, 6.07) is 8.40. The van der Waals surface area contributed by atoms with Crippen molar-refractivity contribution >= 4 is 34.8 Å². The predicted molar refractivity (Wildman–Crippen MR) is 137 cm³/mol. The number of halogens is 1. The molecule has 190 valence electrons. The summed E-state index contributed by atoms with van der Waals surface area (Å²) in [6.45, 7) is 4.80. The lowest BCUT2D eigenvalue weighted by atomic mass is 9.84. The first kappa shape index (κ1) is 26.1. The zero-order valence-corrected chi connectivity index (χ0v) is 22.1. The SMILES string of the molecule is Cc1nc(C2CCC(N3CC(C(=O)N(C)CC(=O)O)OCC3Cc3ccc(Cl)cc3)CC2)sc1C. The van der Waals surface area contributed by atoms with E-state index in [0.717, 1.165) is 37.8 Å². The molecule has 2 aliphatic rings. The van der Waals surface area contributed by atoms with Gasteiger partial charge in [-0.05, 0) is 63.6 Å². The number of hydrogen-bond donors (Lipinski definition) is 1. The number of benzene rings is 1. The van der Waals surface area contributed by atoms with Gasteiger partial charge in [-0.25, -0.2) is 4.98 Å². The molecular formula is C26H34ClN3O4S. The summed E-state index contributed by atoms with van der Waals surface area (Å²) in [5.41, 5.74) is 2.32. The lowest BCUT2D eigenvalue weighted by molar-refractivity contribution is -0.158. The van der Waals surface area contributed by atoms with Crippen molar-refractivity contribution in [3.05, 3.63) is 50.4 Å². The highest BCUT2D eigenvalue weighted by atomic mass is 35.5. The Kier molecular flexibility index (Phi) is 8.47. The quantitative estimate of drug-likeness (QED) is 0.587. The number of carbonyl (C=O) groups excluding carboxylic acids is 1. The van der Waals surface area contributed by atoms with Crippen molar-refractivity contribution in [3.63, 3.8) is 0 Å². The molecule has 2 unspecified atom stereocenters. The van der Waals surface area contributed by atoms with Gasteiger partial charge in [0.25, 0.3) is 5.91 Å². The zero-order chi connectivity index (χ0) is 25.1. The largest absolute Gasteiger partial charge is 0.480 e. The Labute approximate surface area is 216 Å². The van der Waals surface area contributed by atoms with E-state index in [1.165, 1.54) is 27.4 Å². The van der Waals surface area contributed by atoms with Crippen LogP contribution in [-0.4, -0.2) is 76.7 Å². The molecule has 2 aromatic rings. The molecule has 1 saturated heterocycles. The zero-order valence-electron chi connectivity index (χ0n) is 20.6. The number of morpholine rings is 1. The van der Waals surface area contributed by atoms with Gasteiger partial charge in [0, 0.05) is 41.5 Å². The molecule has 0 radical (unpaired) electrons. The van der Waals surface area contributed by atoms with E-state index >= 15 is 0 Å². The van der Waals surface area contributed by atoms with E-state index in [1.807, 2.05) is 35.6 Å². The van der Waals surface area contributed by atoms with Crippen LogP contribution in [0.3, 0.4) is 0 Å². The van der Waals surface area contributed by atoms with Gasteiger partial charge < -0.3 is 14.7 Å². The Hall–Kier alpha value is -2.00. The number of amides is 1. The van der Waals surface area contributed by atoms with Gasteiger partial charge in [-0.2, -0.15) is 0 Å². The highest BCUT2D eigenvalue weighted by molar-refractivity contribution is 7.11. The Morgan fingerprint density at radius 2 is 1.89 bits per heavy atom. The third-order valence-electron chi connectivity index (χ3n) is 7.30. The summed E-state index contributed by atoms with van der Waals surface area (Å²) in [4.78, 5) is 33.8. The second-order valence-electron chi connectivity index (χ2n) is 9.79. The molecule has 1 amide bonds. The van der Waals surface area contributed by atoms with Crippen molar-refractivity contribution in [3.8, 4) is 0 Å². The molecule has 1 aromatic carbocycles. The molecule has 0 bridgehead atoms. The molecule has 35 heavy (non-hydrogen) atoms. The van der Waals surface area contributed by atoms with Crippen LogP contribution in [-0.2, 0) is 20.7 Å². The number of ether oxygens (including phenoxy) is 1. The summed E-state index contributed by atoms with van der Waals surface area (Å²) in [6.07, 6.45) is 4.42. The second-order valence-corrected chi connectivity index (χ2v) is 11.5. The molecule has 1 saturated carbocycles. The average Bonchev–Trinajstić information content (AvgIpc) is 3.18. The maximum absolute atomic E-state index is 12.9. The van der Waals surface area contributed by atoms with Crippen molar-refractivity contribution in [1.29, 1.82) is 0 Å². The lowest BCUT2D eigenvalue weighted by Gasteiger charge is -2.46. The molecule has 2 heterocycles. The number of carboxylic acids is 1. The number of carbonyl (C=O) groups is 2. The van der Waals surface area contributed by atoms with E-state index in [9.17, 15) is 9.59 Å². The molecule has 2 fully saturated rings. The number of nitrogens with zero attached hydrogens (tertiary/aromatic N) is 3. The standard InChI is InChI=1S/C26H34ClN3O4S/c1-16-17(2)35-25(28-16)19-6-10-21(11-7-19)30-13-23(26(33)29(3)14-24(31)32)34-15-22(30)12-18-4-8-20(27)9-5-18/h4-5,8-9,19,21-23H,6-7,10-15H2,1-3H3,(H,31,32). The van der Waals surface area contributed by atoms with Crippen molar-refractivity contribution in [2.45, 2.75) is 70.1 Å². The average molecular weight is 520 g/mol. The highest BCUT2D eigenvalue weighted by Crippen LogP contribution is 2.38. The van der Waals surface area contributed by atoms with Gasteiger partial charge in [0.2, 0.25) is 0 Å². The monoisotopic (exact) mass is 519 g/mol. The van der Waals surface area contributed by atoms with E-state index in [4.69, 9.17) is 26.4 Å². The van der Waals surface area contributed by atoms with Crippen LogP contribution in [0.15, 0.2) is 24.3 Å². The number of aromatic nitrogens is 1. The smallest absolute Gasteiger partial charge is 0.323 e. The molecule has 1 aromatic heterocycles. The summed E-state index contributed by atoms with van der Waals surface area (Å²) >= 11 is 7.90. The number of rotatable bonds is 7. The first-order chi connectivity index (χ1) is 16.7. The number of aryl methyl sites for hydroxylation is 2.